The molecule has 2 aromatic carbocycles. The molecule has 132 valence electrons. The second-order valence-corrected chi connectivity index (χ2v) is 7.23. The molecule has 0 aliphatic carbocycles. The van der Waals surface area contributed by atoms with E-state index in [1.54, 1.807) is 0 Å². The summed E-state index contributed by atoms with van der Waals surface area (Å²) in [6.45, 7) is 0.618. The van der Waals surface area contributed by atoms with Gasteiger partial charge in [0.2, 0.25) is 0 Å². The Balaban J connectivity index is 1.38. The van der Waals surface area contributed by atoms with Crippen molar-refractivity contribution < 1.29 is 14.6 Å². The Labute approximate surface area is 149 Å². The van der Waals surface area contributed by atoms with Crippen molar-refractivity contribution in [2.24, 2.45) is 11.8 Å². The zero-order valence-electron chi connectivity index (χ0n) is 14.5. The fourth-order valence-electron chi connectivity index (χ4n) is 4.32. The van der Waals surface area contributed by atoms with Crippen LogP contribution < -0.4 is 0 Å². The highest BCUT2D eigenvalue weighted by molar-refractivity contribution is 5.16. The number of hydrogen-bond donors (Lipinski definition) is 1. The van der Waals surface area contributed by atoms with Crippen LogP contribution in [0.4, 0.5) is 0 Å². The monoisotopic (exact) mass is 338 g/mol. The van der Waals surface area contributed by atoms with Crippen LogP contribution in [0.2, 0.25) is 0 Å². The molecule has 4 rings (SSSR count). The van der Waals surface area contributed by atoms with Crippen LogP contribution in [-0.2, 0) is 22.3 Å². The third-order valence-electron chi connectivity index (χ3n) is 5.66. The van der Waals surface area contributed by atoms with Crippen LogP contribution in [-0.4, -0.2) is 30.2 Å². The summed E-state index contributed by atoms with van der Waals surface area (Å²) in [5.74, 6) is 0.434. The van der Waals surface area contributed by atoms with Crippen molar-refractivity contribution in [3.63, 3.8) is 0 Å². The smallest absolute Gasteiger partial charge is 0.160 e. The fourth-order valence-corrected chi connectivity index (χ4v) is 4.32. The lowest BCUT2D eigenvalue weighted by Gasteiger charge is -2.20. The van der Waals surface area contributed by atoms with E-state index in [1.165, 1.54) is 11.1 Å². The Bertz CT molecular complexity index is 657. The van der Waals surface area contributed by atoms with Crippen molar-refractivity contribution in [2.75, 3.05) is 6.61 Å². The van der Waals surface area contributed by atoms with E-state index in [4.69, 9.17) is 9.47 Å². The van der Waals surface area contributed by atoms with E-state index in [-0.39, 0.29) is 18.1 Å². The summed E-state index contributed by atoms with van der Waals surface area (Å²) in [7, 11) is 0. The molecular formula is C22H26O3. The van der Waals surface area contributed by atoms with Crippen molar-refractivity contribution in [3.05, 3.63) is 71.8 Å². The quantitative estimate of drug-likeness (QED) is 0.875. The highest BCUT2D eigenvalue weighted by Gasteiger charge is 2.51. The molecule has 3 heteroatoms. The molecule has 2 saturated heterocycles. The normalized spacial score (nSPS) is 31.2. The highest BCUT2D eigenvalue weighted by atomic mass is 16.6. The molecule has 2 aliphatic heterocycles. The number of ether oxygens (including phenoxy) is 2. The highest BCUT2D eigenvalue weighted by Crippen LogP contribution is 2.43. The minimum atomic E-state index is -0.674. The summed E-state index contributed by atoms with van der Waals surface area (Å²) < 4.78 is 12.0. The Kier molecular flexibility index (Phi) is 5.16. The van der Waals surface area contributed by atoms with E-state index in [9.17, 15) is 5.11 Å². The average Bonchev–Trinajstić information content (AvgIpc) is 3.21. The lowest BCUT2D eigenvalue weighted by Crippen LogP contribution is -2.28. The molecule has 2 aliphatic rings. The Hall–Kier alpha value is -1.68. The van der Waals surface area contributed by atoms with Gasteiger partial charge in [-0.1, -0.05) is 60.7 Å². The molecule has 0 radical (unpaired) electrons. The fraction of sp³-hybridized carbons (Fsp3) is 0.455. The van der Waals surface area contributed by atoms with Gasteiger partial charge in [0.25, 0.3) is 0 Å². The second-order valence-electron chi connectivity index (χ2n) is 7.23. The molecule has 0 saturated carbocycles. The van der Waals surface area contributed by atoms with Crippen LogP contribution in [0.25, 0.3) is 0 Å². The van der Waals surface area contributed by atoms with Crippen LogP contribution in [0.5, 0.6) is 0 Å². The van der Waals surface area contributed by atoms with Crippen LogP contribution in [0, 0.1) is 11.8 Å². The molecule has 2 fully saturated rings. The van der Waals surface area contributed by atoms with E-state index in [2.05, 4.69) is 48.5 Å². The summed E-state index contributed by atoms with van der Waals surface area (Å²) >= 11 is 0. The van der Waals surface area contributed by atoms with E-state index < -0.39 is 6.29 Å². The van der Waals surface area contributed by atoms with Crippen LogP contribution in [0.15, 0.2) is 60.7 Å². The van der Waals surface area contributed by atoms with Gasteiger partial charge in [0.05, 0.1) is 18.8 Å². The second kappa shape index (κ2) is 7.69. The molecule has 0 bridgehead atoms. The lowest BCUT2D eigenvalue weighted by molar-refractivity contribution is -0.116. The topological polar surface area (TPSA) is 38.7 Å². The molecular weight excluding hydrogens is 312 g/mol. The lowest BCUT2D eigenvalue weighted by atomic mass is 9.85. The van der Waals surface area contributed by atoms with Gasteiger partial charge in [0, 0.05) is 11.8 Å². The van der Waals surface area contributed by atoms with Gasteiger partial charge in [-0.05, 0) is 36.8 Å². The van der Waals surface area contributed by atoms with Crippen LogP contribution in [0.1, 0.15) is 24.0 Å². The van der Waals surface area contributed by atoms with Crippen LogP contribution in [0.3, 0.4) is 0 Å². The van der Waals surface area contributed by atoms with Gasteiger partial charge >= 0.3 is 0 Å². The first-order valence-corrected chi connectivity index (χ1v) is 9.34. The molecule has 0 unspecified atom stereocenters. The van der Waals surface area contributed by atoms with Crippen molar-refractivity contribution in [1.29, 1.82) is 0 Å². The number of aliphatic hydroxyl groups excluding tert-OH is 1. The summed E-state index contributed by atoms with van der Waals surface area (Å²) in [4.78, 5) is 0. The maximum Gasteiger partial charge on any atom is 0.160 e. The van der Waals surface area contributed by atoms with E-state index in [0.717, 1.165) is 25.7 Å². The predicted octanol–water partition coefficient (Wildman–Crippen LogP) is 3.60. The first-order valence-electron chi connectivity index (χ1n) is 9.34. The Morgan fingerprint density at radius 3 is 1.96 bits per heavy atom. The standard InChI is InChI=1S/C22H26O3/c23-22-21-18(15-24-22)19(13-11-16-7-3-1-4-8-16)25-20(21)14-12-17-9-5-2-6-10-17/h1-10,18-23H,11-15H2/t18-,19-,20+,21-,22+/m1/s1. The summed E-state index contributed by atoms with van der Waals surface area (Å²) in [5, 5.41) is 10.3. The van der Waals surface area contributed by atoms with Gasteiger partial charge in [-0.2, -0.15) is 0 Å². The molecule has 25 heavy (non-hydrogen) atoms. The SMILES string of the molecule is O[C@H]1OC[C@H]2[C@@H]1[C@H](CCc1ccccc1)O[C@@H]2CCc1ccccc1. The zero-order chi connectivity index (χ0) is 17.1. The van der Waals surface area contributed by atoms with Gasteiger partial charge in [0.15, 0.2) is 6.29 Å². The molecule has 5 atom stereocenters. The summed E-state index contributed by atoms with van der Waals surface area (Å²) in [5.41, 5.74) is 2.67. The predicted molar refractivity (Wildman–Crippen MR) is 97.1 cm³/mol. The average molecular weight is 338 g/mol. The van der Waals surface area contributed by atoms with E-state index >= 15 is 0 Å². The minimum absolute atomic E-state index is 0.0866. The van der Waals surface area contributed by atoms with Gasteiger partial charge < -0.3 is 14.6 Å². The van der Waals surface area contributed by atoms with Crippen LogP contribution >= 0.6 is 0 Å². The number of rotatable bonds is 6. The molecule has 0 spiro atoms. The van der Waals surface area contributed by atoms with Crippen molar-refractivity contribution in [1.82, 2.24) is 0 Å². The molecule has 1 N–H and O–H groups in total. The van der Waals surface area contributed by atoms with Gasteiger partial charge in [-0.25, -0.2) is 0 Å². The van der Waals surface area contributed by atoms with E-state index in [0.29, 0.717) is 12.5 Å². The van der Waals surface area contributed by atoms with Crippen molar-refractivity contribution in [3.8, 4) is 0 Å². The summed E-state index contributed by atoms with van der Waals surface area (Å²) in [6, 6.07) is 21.0. The minimum Gasteiger partial charge on any atom is -0.374 e. The Morgan fingerprint density at radius 2 is 1.36 bits per heavy atom. The van der Waals surface area contributed by atoms with Crippen molar-refractivity contribution in [2.45, 2.75) is 44.2 Å². The largest absolute Gasteiger partial charge is 0.374 e. The van der Waals surface area contributed by atoms with E-state index in [1.807, 2.05) is 12.1 Å². The number of benzene rings is 2. The number of hydrogen-bond acceptors (Lipinski definition) is 3. The number of aryl methyl sites for hydroxylation is 2. The maximum atomic E-state index is 10.3. The maximum absolute atomic E-state index is 10.3. The molecule has 3 nitrogen and oxygen atoms in total. The number of aliphatic hydroxyl groups is 1. The molecule has 0 aromatic heterocycles. The van der Waals surface area contributed by atoms with Gasteiger partial charge in [-0.3, -0.25) is 0 Å². The molecule has 2 aromatic rings. The number of fused-ring (bicyclic) bond motifs is 1. The zero-order valence-corrected chi connectivity index (χ0v) is 14.5. The Morgan fingerprint density at radius 1 is 0.800 bits per heavy atom. The third-order valence-corrected chi connectivity index (χ3v) is 5.66. The van der Waals surface area contributed by atoms with Gasteiger partial charge in [-0.15, -0.1) is 0 Å². The first kappa shape index (κ1) is 16.8. The third kappa shape index (κ3) is 3.79. The molecule has 2 heterocycles. The first-order chi connectivity index (χ1) is 12.3. The molecule has 0 amide bonds. The van der Waals surface area contributed by atoms with Gasteiger partial charge in [0.1, 0.15) is 0 Å². The summed E-state index contributed by atoms with van der Waals surface area (Å²) in [6.07, 6.45) is 3.51. The van der Waals surface area contributed by atoms with Crippen molar-refractivity contribution >= 4 is 0 Å².